The number of hydrogen-bond donors (Lipinski definition) is 1. The van der Waals surface area contributed by atoms with Gasteiger partial charge in [-0.25, -0.2) is 13.2 Å². The van der Waals surface area contributed by atoms with E-state index in [1.165, 1.54) is 0 Å². The van der Waals surface area contributed by atoms with Crippen LogP contribution >= 0.6 is 0 Å². The number of carbonyl (C=O) groups excluding carboxylic acids is 1. The molecule has 0 bridgehead atoms. The number of esters is 1. The molecule has 0 amide bonds. The van der Waals surface area contributed by atoms with Crippen molar-refractivity contribution < 1.29 is 31.5 Å². The van der Waals surface area contributed by atoms with E-state index in [1.54, 1.807) is 0 Å². The topological polar surface area (TPSA) is 38.3 Å². The second-order valence-corrected chi connectivity index (χ2v) is 4.37. The standard InChI is InChI=1S/C12H10F5NO2/c13-7-8(14)10(16)12(11(17)9(7)15)20-6(19)4-5-2-1-3-18-5/h5,18H,1-4H2. The maximum atomic E-state index is 13.3. The molecule has 3 nitrogen and oxygen atoms in total. The van der Waals surface area contributed by atoms with Gasteiger partial charge in [-0.15, -0.1) is 0 Å². The van der Waals surface area contributed by atoms with Crippen molar-refractivity contribution in [2.24, 2.45) is 0 Å². The molecule has 0 saturated carbocycles. The third-order valence-corrected chi connectivity index (χ3v) is 2.96. The fourth-order valence-corrected chi connectivity index (χ4v) is 1.96. The van der Waals surface area contributed by atoms with Gasteiger partial charge in [-0.3, -0.25) is 4.79 Å². The number of halogens is 5. The summed E-state index contributed by atoms with van der Waals surface area (Å²) >= 11 is 0. The van der Waals surface area contributed by atoms with Gasteiger partial charge >= 0.3 is 5.97 Å². The van der Waals surface area contributed by atoms with Gasteiger partial charge in [0.15, 0.2) is 0 Å². The molecule has 1 atom stereocenters. The van der Waals surface area contributed by atoms with Crippen LogP contribution in [0.4, 0.5) is 22.0 Å². The minimum absolute atomic E-state index is 0.209. The van der Waals surface area contributed by atoms with Crippen LogP contribution in [-0.2, 0) is 4.79 Å². The predicted octanol–water partition coefficient (Wildman–Crippen LogP) is 2.43. The lowest BCUT2D eigenvalue weighted by Gasteiger charge is -2.11. The van der Waals surface area contributed by atoms with Crippen LogP contribution in [0.1, 0.15) is 19.3 Å². The Morgan fingerprint density at radius 3 is 2.10 bits per heavy atom. The fourth-order valence-electron chi connectivity index (χ4n) is 1.96. The zero-order valence-corrected chi connectivity index (χ0v) is 10.1. The number of benzene rings is 1. The predicted molar refractivity (Wildman–Crippen MR) is 57.5 cm³/mol. The molecule has 1 N–H and O–H groups in total. The maximum absolute atomic E-state index is 13.3. The smallest absolute Gasteiger partial charge is 0.312 e. The maximum Gasteiger partial charge on any atom is 0.312 e. The summed E-state index contributed by atoms with van der Waals surface area (Å²) in [5.74, 6) is -13.5. The van der Waals surface area contributed by atoms with Gasteiger partial charge < -0.3 is 10.1 Å². The minimum Gasteiger partial charge on any atom is -0.420 e. The van der Waals surface area contributed by atoms with Crippen LogP contribution in [0, 0.1) is 29.1 Å². The largest absolute Gasteiger partial charge is 0.420 e. The summed E-state index contributed by atoms with van der Waals surface area (Å²) in [6.07, 6.45) is 1.30. The number of hydrogen-bond acceptors (Lipinski definition) is 3. The number of nitrogens with one attached hydrogen (secondary N) is 1. The van der Waals surface area contributed by atoms with Crippen molar-refractivity contribution in [1.82, 2.24) is 5.32 Å². The van der Waals surface area contributed by atoms with Gasteiger partial charge in [0.25, 0.3) is 0 Å². The van der Waals surface area contributed by atoms with E-state index in [0.717, 1.165) is 6.42 Å². The van der Waals surface area contributed by atoms with Crippen molar-refractivity contribution in [3.05, 3.63) is 29.1 Å². The lowest BCUT2D eigenvalue weighted by Crippen LogP contribution is -2.27. The zero-order chi connectivity index (χ0) is 14.9. The summed E-state index contributed by atoms with van der Waals surface area (Å²) in [4.78, 5) is 11.4. The van der Waals surface area contributed by atoms with Crippen molar-refractivity contribution in [3.63, 3.8) is 0 Å². The van der Waals surface area contributed by atoms with Crippen LogP contribution in [0.15, 0.2) is 0 Å². The van der Waals surface area contributed by atoms with Gasteiger partial charge in [-0.05, 0) is 19.4 Å². The third-order valence-electron chi connectivity index (χ3n) is 2.96. The molecule has 0 aromatic heterocycles. The van der Waals surface area contributed by atoms with Crippen LogP contribution in [0.3, 0.4) is 0 Å². The Morgan fingerprint density at radius 2 is 1.60 bits per heavy atom. The van der Waals surface area contributed by atoms with Crippen molar-refractivity contribution in [2.75, 3.05) is 6.54 Å². The molecule has 1 aliphatic rings. The number of rotatable bonds is 3. The first kappa shape index (κ1) is 14.7. The summed E-state index contributed by atoms with van der Waals surface area (Å²) in [5.41, 5.74) is 0. The van der Waals surface area contributed by atoms with Crippen LogP contribution in [0.2, 0.25) is 0 Å². The molecular weight excluding hydrogens is 285 g/mol. The second kappa shape index (κ2) is 5.74. The Hall–Kier alpha value is -1.70. The van der Waals surface area contributed by atoms with E-state index in [4.69, 9.17) is 0 Å². The summed E-state index contributed by atoms with van der Waals surface area (Å²) in [6.45, 7) is 0.695. The molecule has 0 radical (unpaired) electrons. The van der Waals surface area contributed by atoms with Gasteiger partial charge in [0, 0.05) is 6.04 Å². The molecule has 1 aromatic rings. The van der Waals surface area contributed by atoms with E-state index < -0.39 is 40.8 Å². The Kier molecular flexibility index (Phi) is 4.22. The SMILES string of the molecule is O=C(CC1CCCN1)Oc1c(F)c(F)c(F)c(F)c1F. The van der Waals surface area contributed by atoms with Crippen molar-refractivity contribution in [2.45, 2.75) is 25.3 Å². The molecular formula is C12H10F5NO2. The first-order chi connectivity index (χ1) is 9.41. The monoisotopic (exact) mass is 295 g/mol. The van der Waals surface area contributed by atoms with Gasteiger partial charge in [-0.2, -0.15) is 8.78 Å². The zero-order valence-electron chi connectivity index (χ0n) is 10.1. The highest BCUT2D eigenvalue weighted by molar-refractivity contribution is 5.73. The highest BCUT2D eigenvalue weighted by Crippen LogP contribution is 2.29. The molecule has 110 valence electrons. The van der Waals surface area contributed by atoms with E-state index >= 15 is 0 Å². The van der Waals surface area contributed by atoms with Crippen molar-refractivity contribution in [3.8, 4) is 5.75 Å². The van der Waals surface area contributed by atoms with Gasteiger partial charge in [0.1, 0.15) is 0 Å². The Labute approximate surface area is 110 Å². The van der Waals surface area contributed by atoms with Gasteiger partial charge in [0.05, 0.1) is 6.42 Å². The van der Waals surface area contributed by atoms with Crippen LogP contribution < -0.4 is 10.1 Å². The van der Waals surface area contributed by atoms with Gasteiger partial charge in [0.2, 0.25) is 34.8 Å². The average molecular weight is 295 g/mol. The first-order valence-electron chi connectivity index (χ1n) is 5.87. The lowest BCUT2D eigenvalue weighted by molar-refractivity contribution is -0.135. The van der Waals surface area contributed by atoms with E-state index in [2.05, 4.69) is 10.1 Å². The molecule has 1 fully saturated rings. The van der Waals surface area contributed by atoms with Gasteiger partial charge in [-0.1, -0.05) is 0 Å². The fraction of sp³-hybridized carbons (Fsp3) is 0.417. The Morgan fingerprint density at radius 1 is 1.05 bits per heavy atom. The summed E-state index contributed by atoms with van der Waals surface area (Å²) < 4.78 is 69.4. The van der Waals surface area contributed by atoms with E-state index in [9.17, 15) is 26.7 Å². The average Bonchev–Trinajstić information content (AvgIpc) is 2.92. The summed E-state index contributed by atoms with van der Waals surface area (Å²) in [6, 6.07) is -0.219. The third kappa shape index (κ3) is 2.74. The number of ether oxygens (including phenoxy) is 1. The summed E-state index contributed by atoms with van der Waals surface area (Å²) in [7, 11) is 0. The highest BCUT2D eigenvalue weighted by atomic mass is 19.2. The molecule has 1 saturated heterocycles. The summed E-state index contributed by atoms with van der Waals surface area (Å²) in [5, 5.41) is 2.94. The van der Waals surface area contributed by atoms with Crippen LogP contribution in [0.5, 0.6) is 5.75 Å². The second-order valence-electron chi connectivity index (χ2n) is 4.37. The Balaban J connectivity index is 2.18. The van der Waals surface area contributed by atoms with E-state index in [-0.39, 0.29) is 12.5 Å². The molecule has 1 aliphatic heterocycles. The van der Waals surface area contributed by atoms with Crippen LogP contribution in [0.25, 0.3) is 0 Å². The molecule has 1 aromatic carbocycles. The molecule has 20 heavy (non-hydrogen) atoms. The molecule has 0 spiro atoms. The van der Waals surface area contributed by atoms with Crippen molar-refractivity contribution in [1.29, 1.82) is 0 Å². The molecule has 0 aliphatic carbocycles. The first-order valence-corrected chi connectivity index (χ1v) is 5.87. The molecule has 8 heteroatoms. The normalized spacial score (nSPS) is 18.4. The quantitative estimate of drug-likeness (QED) is 0.306. The van der Waals surface area contributed by atoms with Crippen molar-refractivity contribution >= 4 is 5.97 Å². The highest BCUT2D eigenvalue weighted by Gasteiger charge is 2.29. The van der Waals surface area contributed by atoms with E-state index in [1.807, 2.05) is 0 Å². The van der Waals surface area contributed by atoms with E-state index in [0.29, 0.717) is 13.0 Å². The molecule has 1 heterocycles. The molecule has 1 unspecified atom stereocenters. The molecule has 2 rings (SSSR count). The lowest BCUT2D eigenvalue weighted by atomic mass is 10.1. The number of carbonyl (C=O) groups is 1. The van der Waals surface area contributed by atoms with Crippen LogP contribution in [-0.4, -0.2) is 18.6 Å². The Bertz CT molecular complexity index is 514. The minimum atomic E-state index is -2.29.